The monoisotopic (exact) mass is 290 g/mol. The van der Waals surface area contributed by atoms with E-state index in [0.717, 1.165) is 18.7 Å². The fourth-order valence-corrected chi connectivity index (χ4v) is 4.12. The smallest absolute Gasteiger partial charge is 0.127 e. The van der Waals surface area contributed by atoms with Gasteiger partial charge in [0.25, 0.3) is 0 Å². The maximum Gasteiger partial charge on any atom is 0.127 e. The van der Waals surface area contributed by atoms with Gasteiger partial charge in [-0.15, -0.1) is 0 Å². The fourth-order valence-electron chi connectivity index (χ4n) is 4.12. The molecule has 1 N–H and O–H groups in total. The predicted molar refractivity (Wildman–Crippen MR) is 84.8 cm³/mol. The molecule has 3 heteroatoms. The van der Waals surface area contributed by atoms with Gasteiger partial charge in [-0.25, -0.2) is 4.39 Å². The molecule has 2 fully saturated rings. The van der Waals surface area contributed by atoms with Gasteiger partial charge in [-0.2, -0.15) is 0 Å². The van der Waals surface area contributed by atoms with Crippen LogP contribution in [0.2, 0.25) is 0 Å². The summed E-state index contributed by atoms with van der Waals surface area (Å²) in [5.41, 5.74) is 1.10. The summed E-state index contributed by atoms with van der Waals surface area (Å²) in [6.07, 6.45) is 6.54. The Labute approximate surface area is 127 Å². The van der Waals surface area contributed by atoms with Crippen LogP contribution in [-0.2, 0) is 0 Å². The molecule has 1 aliphatic heterocycles. The number of rotatable bonds is 2. The maximum atomic E-state index is 14.1. The molecule has 1 heterocycles. The Kier molecular flexibility index (Phi) is 4.32. The van der Waals surface area contributed by atoms with Gasteiger partial charge >= 0.3 is 0 Å². The Morgan fingerprint density at radius 2 is 1.95 bits per heavy atom. The number of benzene rings is 1. The SMILES string of the molecule is CC1CNC2(CCCCC2)CN1C(C)c1ccccc1F. The van der Waals surface area contributed by atoms with Crippen LogP contribution in [0.25, 0.3) is 0 Å². The number of hydrogen-bond donors (Lipinski definition) is 1. The van der Waals surface area contributed by atoms with Crippen LogP contribution in [0.15, 0.2) is 24.3 Å². The van der Waals surface area contributed by atoms with Crippen LogP contribution in [0, 0.1) is 5.82 Å². The lowest BCUT2D eigenvalue weighted by molar-refractivity contribution is 0.0345. The van der Waals surface area contributed by atoms with Crippen molar-refractivity contribution in [3.05, 3.63) is 35.6 Å². The van der Waals surface area contributed by atoms with Gasteiger partial charge in [0.05, 0.1) is 0 Å². The van der Waals surface area contributed by atoms with Gasteiger partial charge in [0.15, 0.2) is 0 Å². The minimum Gasteiger partial charge on any atom is -0.308 e. The van der Waals surface area contributed by atoms with Crippen molar-refractivity contribution in [2.24, 2.45) is 0 Å². The van der Waals surface area contributed by atoms with E-state index in [1.807, 2.05) is 12.1 Å². The molecule has 1 saturated heterocycles. The van der Waals surface area contributed by atoms with Crippen molar-refractivity contribution in [1.82, 2.24) is 10.2 Å². The zero-order chi connectivity index (χ0) is 14.9. The second-order valence-corrected chi connectivity index (χ2v) is 6.94. The lowest BCUT2D eigenvalue weighted by Gasteiger charge is -2.51. The zero-order valence-electron chi connectivity index (χ0n) is 13.2. The van der Waals surface area contributed by atoms with Crippen molar-refractivity contribution < 1.29 is 4.39 Å². The second kappa shape index (κ2) is 6.05. The summed E-state index contributed by atoms with van der Waals surface area (Å²) in [5, 5.41) is 3.80. The largest absolute Gasteiger partial charge is 0.308 e. The highest BCUT2D eigenvalue weighted by Crippen LogP contribution is 2.35. The van der Waals surface area contributed by atoms with Crippen LogP contribution >= 0.6 is 0 Å². The molecule has 2 aliphatic rings. The molecular weight excluding hydrogens is 263 g/mol. The first-order valence-electron chi connectivity index (χ1n) is 8.36. The molecule has 1 saturated carbocycles. The van der Waals surface area contributed by atoms with Gasteiger partial charge in [-0.1, -0.05) is 37.5 Å². The first kappa shape index (κ1) is 15.0. The molecule has 0 bridgehead atoms. The molecule has 2 nitrogen and oxygen atoms in total. The lowest BCUT2D eigenvalue weighted by atomic mass is 9.79. The van der Waals surface area contributed by atoms with Gasteiger partial charge in [0.1, 0.15) is 5.82 Å². The quantitative estimate of drug-likeness (QED) is 0.889. The van der Waals surface area contributed by atoms with Gasteiger partial charge < -0.3 is 5.32 Å². The predicted octanol–water partition coefficient (Wildman–Crippen LogP) is 3.88. The Morgan fingerprint density at radius 1 is 1.24 bits per heavy atom. The third-order valence-corrected chi connectivity index (χ3v) is 5.49. The van der Waals surface area contributed by atoms with Crippen molar-refractivity contribution in [2.75, 3.05) is 13.1 Å². The molecule has 21 heavy (non-hydrogen) atoms. The maximum absolute atomic E-state index is 14.1. The Morgan fingerprint density at radius 3 is 2.67 bits per heavy atom. The zero-order valence-corrected chi connectivity index (χ0v) is 13.2. The van der Waals surface area contributed by atoms with E-state index < -0.39 is 0 Å². The standard InChI is InChI=1S/C18H27FN2/c1-14-12-20-18(10-6-3-7-11-18)13-21(14)15(2)16-8-4-5-9-17(16)19/h4-5,8-9,14-15,20H,3,6-7,10-13H2,1-2H3. The van der Waals surface area contributed by atoms with Crippen molar-refractivity contribution in [3.8, 4) is 0 Å². The van der Waals surface area contributed by atoms with Crippen LogP contribution in [0.4, 0.5) is 4.39 Å². The number of nitrogens with zero attached hydrogens (tertiary/aromatic N) is 1. The van der Waals surface area contributed by atoms with E-state index in [1.165, 1.54) is 32.1 Å². The minimum absolute atomic E-state index is 0.0755. The Bertz CT molecular complexity index is 482. The molecule has 1 aromatic rings. The normalized spacial score (nSPS) is 27.7. The first-order valence-corrected chi connectivity index (χ1v) is 8.36. The molecule has 0 amide bonds. The van der Waals surface area contributed by atoms with E-state index in [0.29, 0.717) is 6.04 Å². The molecule has 1 spiro atoms. The average Bonchev–Trinajstić information content (AvgIpc) is 2.51. The van der Waals surface area contributed by atoms with E-state index in [4.69, 9.17) is 0 Å². The van der Waals surface area contributed by atoms with Crippen molar-refractivity contribution >= 4 is 0 Å². The highest BCUT2D eigenvalue weighted by atomic mass is 19.1. The van der Waals surface area contributed by atoms with Crippen LogP contribution in [-0.4, -0.2) is 29.6 Å². The molecule has 1 aliphatic carbocycles. The van der Waals surface area contributed by atoms with Crippen LogP contribution in [0.5, 0.6) is 0 Å². The fraction of sp³-hybridized carbons (Fsp3) is 0.667. The van der Waals surface area contributed by atoms with Gasteiger partial charge in [-0.3, -0.25) is 4.90 Å². The topological polar surface area (TPSA) is 15.3 Å². The van der Waals surface area contributed by atoms with Crippen LogP contribution in [0.3, 0.4) is 0 Å². The third-order valence-electron chi connectivity index (χ3n) is 5.49. The number of hydrogen-bond acceptors (Lipinski definition) is 2. The van der Waals surface area contributed by atoms with Crippen LogP contribution in [0.1, 0.15) is 57.6 Å². The number of piperazine rings is 1. The molecule has 0 aromatic heterocycles. The summed E-state index contributed by atoms with van der Waals surface area (Å²) in [4.78, 5) is 2.50. The molecule has 116 valence electrons. The second-order valence-electron chi connectivity index (χ2n) is 6.94. The molecule has 2 unspecified atom stereocenters. The lowest BCUT2D eigenvalue weighted by Crippen LogP contribution is -2.64. The van der Waals surface area contributed by atoms with Crippen molar-refractivity contribution in [3.63, 3.8) is 0 Å². The van der Waals surface area contributed by atoms with E-state index >= 15 is 0 Å². The Balaban J connectivity index is 1.80. The third kappa shape index (κ3) is 3.00. The minimum atomic E-state index is -0.0755. The summed E-state index contributed by atoms with van der Waals surface area (Å²) in [7, 11) is 0. The molecule has 2 atom stereocenters. The van der Waals surface area contributed by atoms with E-state index in [9.17, 15) is 4.39 Å². The number of halogens is 1. The molecule has 0 radical (unpaired) electrons. The molecule has 1 aromatic carbocycles. The van der Waals surface area contributed by atoms with Crippen molar-refractivity contribution in [2.45, 2.75) is 63.6 Å². The van der Waals surface area contributed by atoms with Gasteiger partial charge in [-0.05, 0) is 32.8 Å². The number of nitrogens with one attached hydrogen (secondary N) is 1. The van der Waals surface area contributed by atoms with E-state index in [1.54, 1.807) is 12.1 Å². The average molecular weight is 290 g/mol. The van der Waals surface area contributed by atoms with E-state index in [2.05, 4.69) is 24.1 Å². The highest BCUT2D eigenvalue weighted by Gasteiger charge is 2.40. The van der Waals surface area contributed by atoms with Crippen molar-refractivity contribution in [1.29, 1.82) is 0 Å². The summed E-state index contributed by atoms with van der Waals surface area (Å²) < 4.78 is 14.1. The Hall–Kier alpha value is -0.930. The highest BCUT2D eigenvalue weighted by molar-refractivity contribution is 5.21. The summed E-state index contributed by atoms with van der Waals surface area (Å²) in [6.45, 7) is 6.46. The van der Waals surface area contributed by atoms with Gasteiger partial charge in [0, 0.05) is 36.3 Å². The summed E-state index contributed by atoms with van der Waals surface area (Å²) in [6, 6.07) is 7.82. The molecule has 3 rings (SSSR count). The van der Waals surface area contributed by atoms with Gasteiger partial charge in [0.2, 0.25) is 0 Å². The summed E-state index contributed by atoms with van der Waals surface area (Å²) >= 11 is 0. The summed E-state index contributed by atoms with van der Waals surface area (Å²) in [5.74, 6) is -0.0755. The first-order chi connectivity index (χ1) is 10.1. The van der Waals surface area contributed by atoms with E-state index in [-0.39, 0.29) is 17.4 Å². The van der Waals surface area contributed by atoms with Crippen LogP contribution < -0.4 is 5.32 Å². The molecular formula is C18H27FN2.